The Morgan fingerprint density at radius 3 is 2.37 bits per heavy atom. The molecular formula is C23H32N4O3. The normalized spacial score (nSPS) is 16.3. The zero-order chi connectivity index (χ0) is 21.3. The highest BCUT2D eigenvalue weighted by atomic mass is 16.5. The topological polar surface area (TPSA) is 67.4 Å². The van der Waals surface area contributed by atoms with Gasteiger partial charge in [-0.1, -0.05) is 18.2 Å². The van der Waals surface area contributed by atoms with E-state index in [4.69, 9.17) is 19.2 Å². The Morgan fingerprint density at radius 2 is 1.77 bits per heavy atom. The van der Waals surface area contributed by atoms with Gasteiger partial charge in [-0.05, 0) is 43.2 Å². The van der Waals surface area contributed by atoms with Crippen LogP contribution in [0, 0.1) is 0 Å². The van der Waals surface area contributed by atoms with E-state index in [1.165, 1.54) is 5.69 Å². The lowest BCUT2D eigenvalue weighted by molar-refractivity contribution is 0.324. The minimum absolute atomic E-state index is 0.350. The molecule has 0 aromatic heterocycles. The summed E-state index contributed by atoms with van der Waals surface area (Å²) in [6, 6.07) is 14.7. The van der Waals surface area contributed by atoms with Gasteiger partial charge in [-0.25, -0.2) is 4.99 Å². The minimum atomic E-state index is 0.350. The lowest BCUT2D eigenvalue weighted by Gasteiger charge is -2.20. The molecule has 1 aliphatic rings. The number of hydrogen-bond donors (Lipinski definition) is 2. The number of methoxy groups -OCH3 is 3. The van der Waals surface area contributed by atoms with Gasteiger partial charge < -0.3 is 29.7 Å². The standard InChI is InChI=1S/C23H32N4O3/c1-5-24-23(26-18-11-12-27(16-18)19-9-7-6-8-10-19)25-15-17-13-20(28-2)22(30-4)21(14-17)29-3/h6-10,13-14,18H,5,11-12,15-16H2,1-4H3,(H2,24,25,26). The lowest BCUT2D eigenvalue weighted by Crippen LogP contribution is -2.44. The van der Waals surface area contributed by atoms with Gasteiger partial charge in [-0.2, -0.15) is 0 Å². The summed E-state index contributed by atoms with van der Waals surface area (Å²) in [5.74, 6) is 2.67. The maximum atomic E-state index is 5.44. The monoisotopic (exact) mass is 412 g/mol. The van der Waals surface area contributed by atoms with Gasteiger partial charge in [-0.3, -0.25) is 0 Å². The fourth-order valence-corrected chi connectivity index (χ4v) is 3.66. The molecule has 1 saturated heterocycles. The number of guanidine groups is 1. The SMILES string of the molecule is CCNC(=NCc1cc(OC)c(OC)c(OC)c1)NC1CCN(c2ccccc2)C1. The maximum absolute atomic E-state index is 5.44. The Hall–Kier alpha value is -3.09. The Labute approximate surface area is 179 Å². The molecule has 0 saturated carbocycles. The zero-order valence-electron chi connectivity index (χ0n) is 18.3. The van der Waals surface area contributed by atoms with Crippen molar-refractivity contribution in [3.8, 4) is 17.2 Å². The van der Waals surface area contributed by atoms with Crippen LogP contribution in [0.3, 0.4) is 0 Å². The molecule has 162 valence electrons. The van der Waals surface area contributed by atoms with Gasteiger partial charge in [0.25, 0.3) is 0 Å². The van der Waals surface area contributed by atoms with Crippen molar-refractivity contribution in [2.75, 3.05) is 45.9 Å². The number of nitrogens with one attached hydrogen (secondary N) is 2. The van der Waals surface area contributed by atoms with Crippen LogP contribution in [-0.2, 0) is 6.54 Å². The molecule has 3 rings (SSSR count). The molecule has 0 amide bonds. The van der Waals surface area contributed by atoms with Crippen LogP contribution in [0.1, 0.15) is 18.9 Å². The number of nitrogens with zero attached hydrogens (tertiary/aromatic N) is 2. The van der Waals surface area contributed by atoms with E-state index in [0.29, 0.717) is 29.8 Å². The second-order valence-corrected chi connectivity index (χ2v) is 7.14. The van der Waals surface area contributed by atoms with E-state index in [1.54, 1.807) is 21.3 Å². The van der Waals surface area contributed by atoms with Crippen LogP contribution in [0.25, 0.3) is 0 Å². The second-order valence-electron chi connectivity index (χ2n) is 7.14. The van der Waals surface area contributed by atoms with Gasteiger partial charge in [0.1, 0.15) is 0 Å². The quantitative estimate of drug-likeness (QED) is 0.513. The molecule has 0 radical (unpaired) electrons. The van der Waals surface area contributed by atoms with E-state index in [2.05, 4.69) is 46.7 Å². The summed E-state index contributed by atoms with van der Waals surface area (Å²) in [6.07, 6.45) is 1.07. The van der Waals surface area contributed by atoms with E-state index in [1.807, 2.05) is 18.2 Å². The number of para-hydroxylation sites is 1. The van der Waals surface area contributed by atoms with Crippen molar-refractivity contribution in [1.29, 1.82) is 0 Å². The summed E-state index contributed by atoms with van der Waals surface area (Å²) in [7, 11) is 4.84. The second kappa shape index (κ2) is 10.6. The fraction of sp³-hybridized carbons (Fsp3) is 0.435. The van der Waals surface area contributed by atoms with Gasteiger partial charge >= 0.3 is 0 Å². The molecular weight excluding hydrogens is 380 g/mol. The van der Waals surface area contributed by atoms with Crippen LogP contribution >= 0.6 is 0 Å². The molecule has 7 nitrogen and oxygen atoms in total. The Morgan fingerprint density at radius 1 is 1.07 bits per heavy atom. The Kier molecular flexibility index (Phi) is 7.65. The lowest BCUT2D eigenvalue weighted by atomic mass is 10.2. The summed E-state index contributed by atoms with van der Waals surface area (Å²) < 4.78 is 16.3. The Balaban J connectivity index is 1.68. The summed E-state index contributed by atoms with van der Waals surface area (Å²) in [5, 5.41) is 6.92. The molecule has 2 aromatic carbocycles. The van der Waals surface area contributed by atoms with Gasteiger partial charge in [0, 0.05) is 31.4 Å². The summed E-state index contributed by atoms with van der Waals surface area (Å²) in [5.41, 5.74) is 2.25. The van der Waals surface area contributed by atoms with Gasteiger partial charge in [0.05, 0.1) is 27.9 Å². The molecule has 30 heavy (non-hydrogen) atoms. The largest absolute Gasteiger partial charge is 0.493 e. The third kappa shape index (κ3) is 5.28. The maximum Gasteiger partial charge on any atom is 0.203 e. The average molecular weight is 413 g/mol. The van der Waals surface area contributed by atoms with E-state index in [0.717, 1.165) is 37.6 Å². The number of aliphatic imine (C=N–C) groups is 1. The van der Waals surface area contributed by atoms with Crippen LogP contribution in [-0.4, -0.2) is 53.0 Å². The van der Waals surface area contributed by atoms with Crippen molar-refractivity contribution in [1.82, 2.24) is 10.6 Å². The van der Waals surface area contributed by atoms with Crippen molar-refractivity contribution >= 4 is 11.6 Å². The summed E-state index contributed by atoms with van der Waals surface area (Å²) in [6.45, 7) is 5.37. The number of benzene rings is 2. The number of anilines is 1. The highest BCUT2D eigenvalue weighted by molar-refractivity contribution is 5.80. The van der Waals surface area contributed by atoms with E-state index in [9.17, 15) is 0 Å². The first kappa shape index (κ1) is 21.6. The Bertz CT molecular complexity index is 817. The predicted molar refractivity (Wildman–Crippen MR) is 121 cm³/mol. The molecule has 2 N–H and O–H groups in total. The molecule has 1 aliphatic heterocycles. The van der Waals surface area contributed by atoms with Crippen LogP contribution in [0.5, 0.6) is 17.2 Å². The van der Waals surface area contributed by atoms with Gasteiger partial charge in [0.15, 0.2) is 17.5 Å². The van der Waals surface area contributed by atoms with Crippen LogP contribution in [0.2, 0.25) is 0 Å². The average Bonchev–Trinajstić information content (AvgIpc) is 3.26. The first-order valence-corrected chi connectivity index (χ1v) is 10.3. The first-order chi connectivity index (χ1) is 14.7. The van der Waals surface area contributed by atoms with Crippen molar-refractivity contribution in [2.24, 2.45) is 4.99 Å². The molecule has 1 heterocycles. The molecule has 0 spiro atoms. The van der Waals surface area contributed by atoms with Crippen molar-refractivity contribution in [2.45, 2.75) is 25.9 Å². The number of ether oxygens (including phenoxy) is 3. The molecule has 1 atom stereocenters. The van der Waals surface area contributed by atoms with Crippen molar-refractivity contribution < 1.29 is 14.2 Å². The highest BCUT2D eigenvalue weighted by Crippen LogP contribution is 2.38. The van der Waals surface area contributed by atoms with E-state index < -0.39 is 0 Å². The summed E-state index contributed by atoms with van der Waals surface area (Å²) in [4.78, 5) is 7.18. The number of rotatable bonds is 8. The van der Waals surface area contributed by atoms with Crippen LogP contribution in [0.4, 0.5) is 5.69 Å². The number of hydrogen-bond acceptors (Lipinski definition) is 5. The van der Waals surface area contributed by atoms with E-state index >= 15 is 0 Å². The fourth-order valence-electron chi connectivity index (χ4n) is 3.66. The molecule has 0 aliphatic carbocycles. The third-order valence-electron chi connectivity index (χ3n) is 5.14. The molecule has 7 heteroatoms. The summed E-state index contributed by atoms with van der Waals surface area (Å²) >= 11 is 0. The van der Waals surface area contributed by atoms with E-state index in [-0.39, 0.29) is 0 Å². The van der Waals surface area contributed by atoms with Crippen LogP contribution in [0.15, 0.2) is 47.5 Å². The zero-order valence-corrected chi connectivity index (χ0v) is 18.3. The predicted octanol–water partition coefficient (Wildman–Crippen LogP) is 3.05. The molecule has 0 bridgehead atoms. The highest BCUT2D eigenvalue weighted by Gasteiger charge is 2.23. The molecule has 1 unspecified atom stereocenters. The first-order valence-electron chi connectivity index (χ1n) is 10.3. The third-order valence-corrected chi connectivity index (χ3v) is 5.14. The van der Waals surface area contributed by atoms with Crippen molar-refractivity contribution in [3.63, 3.8) is 0 Å². The molecule has 1 fully saturated rings. The van der Waals surface area contributed by atoms with Gasteiger partial charge in [0.2, 0.25) is 5.75 Å². The minimum Gasteiger partial charge on any atom is -0.493 e. The molecule has 2 aromatic rings. The smallest absolute Gasteiger partial charge is 0.203 e. The van der Waals surface area contributed by atoms with Crippen LogP contribution < -0.4 is 29.7 Å². The van der Waals surface area contributed by atoms with Gasteiger partial charge in [-0.15, -0.1) is 0 Å². The van der Waals surface area contributed by atoms with Crippen molar-refractivity contribution in [3.05, 3.63) is 48.0 Å².